The first-order valence-corrected chi connectivity index (χ1v) is 7.08. The van der Waals surface area contributed by atoms with E-state index in [-0.39, 0.29) is 11.9 Å². The number of para-hydroxylation sites is 1. The normalized spacial score (nSPS) is 25.6. The van der Waals surface area contributed by atoms with Crippen molar-refractivity contribution in [1.82, 2.24) is 0 Å². The lowest BCUT2D eigenvalue weighted by molar-refractivity contribution is 0.241. The third-order valence-corrected chi connectivity index (χ3v) is 4.41. The molecule has 3 rings (SSSR count). The van der Waals surface area contributed by atoms with Gasteiger partial charge < -0.3 is 10.2 Å². The maximum absolute atomic E-state index is 13.6. The number of hydrogen-bond donors (Lipinski definition) is 1. The Bertz CT molecular complexity index is 569. The molecule has 3 heteroatoms. The summed E-state index contributed by atoms with van der Waals surface area (Å²) in [6.45, 7) is 2.29. The summed E-state index contributed by atoms with van der Waals surface area (Å²) in [5.74, 6) is 1.67. The van der Waals surface area contributed by atoms with Crippen molar-refractivity contribution in [3.63, 3.8) is 0 Å². The summed E-state index contributed by atoms with van der Waals surface area (Å²) in [6.07, 6.45) is 4.74. The second kappa shape index (κ2) is 4.97. The molecule has 0 spiro atoms. The molecule has 0 bridgehead atoms. The third-order valence-electron chi connectivity index (χ3n) is 4.41. The molecule has 19 heavy (non-hydrogen) atoms. The molecular formula is C16H20FNO. The van der Waals surface area contributed by atoms with Gasteiger partial charge in [-0.15, -0.1) is 0 Å². The van der Waals surface area contributed by atoms with E-state index in [0.29, 0.717) is 11.5 Å². The zero-order valence-corrected chi connectivity index (χ0v) is 11.2. The second-order valence-electron chi connectivity index (χ2n) is 5.85. The van der Waals surface area contributed by atoms with E-state index < -0.39 is 0 Å². The Hall–Kier alpha value is -1.35. The Labute approximate surface area is 112 Å². The lowest BCUT2D eigenvalue weighted by Crippen LogP contribution is -2.25. The highest BCUT2D eigenvalue weighted by Crippen LogP contribution is 2.37. The van der Waals surface area contributed by atoms with Crippen LogP contribution in [-0.2, 0) is 0 Å². The first-order chi connectivity index (χ1) is 9.15. The first kappa shape index (κ1) is 12.7. The van der Waals surface area contributed by atoms with Crippen molar-refractivity contribution in [2.24, 2.45) is 17.6 Å². The molecule has 1 saturated carbocycles. The largest absolute Gasteiger partial charge is 0.456 e. The fraction of sp³-hybridized carbons (Fsp3) is 0.500. The van der Waals surface area contributed by atoms with Crippen LogP contribution < -0.4 is 5.73 Å². The molecule has 1 aromatic heterocycles. The van der Waals surface area contributed by atoms with Gasteiger partial charge in [0.2, 0.25) is 0 Å². The van der Waals surface area contributed by atoms with Crippen molar-refractivity contribution in [3.05, 3.63) is 35.8 Å². The summed E-state index contributed by atoms with van der Waals surface area (Å²) in [4.78, 5) is 0. The summed E-state index contributed by atoms with van der Waals surface area (Å²) in [7, 11) is 0. The minimum Gasteiger partial charge on any atom is -0.456 e. The van der Waals surface area contributed by atoms with Gasteiger partial charge in [-0.2, -0.15) is 0 Å². The van der Waals surface area contributed by atoms with Crippen molar-refractivity contribution in [2.45, 2.75) is 38.6 Å². The number of furan rings is 1. The van der Waals surface area contributed by atoms with E-state index >= 15 is 0 Å². The van der Waals surface area contributed by atoms with E-state index in [4.69, 9.17) is 10.2 Å². The fourth-order valence-electron chi connectivity index (χ4n) is 3.09. The minimum atomic E-state index is -0.312. The highest BCUT2D eigenvalue weighted by Gasteiger charge is 2.27. The average molecular weight is 261 g/mol. The maximum atomic E-state index is 13.6. The number of rotatable bonds is 2. The zero-order chi connectivity index (χ0) is 13.4. The molecule has 2 N–H and O–H groups in total. The van der Waals surface area contributed by atoms with Gasteiger partial charge in [-0.1, -0.05) is 31.9 Å². The van der Waals surface area contributed by atoms with Crippen molar-refractivity contribution in [3.8, 4) is 0 Å². The first-order valence-electron chi connectivity index (χ1n) is 7.08. The summed E-state index contributed by atoms with van der Waals surface area (Å²) in [6, 6.07) is 6.76. The number of benzene rings is 1. The number of halogens is 1. The van der Waals surface area contributed by atoms with Gasteiger partial charge in [-0.05, 0) is 36.8 Å². The van der Waals surface area contributed by atoms with Crippen LogP contribution in [0.15, 0.2) is 28.7 Å². The average Bonchev–Trinajstić information content (AvgIpc) is 2.84. The van der Waals surface area contributed by atoms with Crippen LogP contribution >= 0.6 is 0 Å². The van der Waals surface area contributed by atoms with Crippen LogP contribution in [0.3, 0.4) is 0 Å². The summed E-state index contributed by atoms with van der Waals surface area (Å²) in [5, 5.41) is 0.801. The Morgan fingerprint density at radius 1 is 1.26 bits per heavy atom. The van der Waals surface area contributed by atoms with Gasteiger partial charge in [0.05, 0.1) is 6.04 Å². The summed E-state index contributed by atoms with van der Waals surface area (Å²) >= 11 is 0. The van der Waals surface area contributed by atoms with Crippen molar-refractivity contribution >= 4 is 11.0 Å². The van der Waals surface area contributed by atoms with Crippen LogP contribution in [-0.4, -0.2) is 0 Å². The van der Waals surface area contributed by atoms with Crippen LogP contribution in [0.2, 0.25) is 0 Å². The number of hydrogen-bond acceptors (Lipinski definition) is 2. The Balaban J connectivity index is 1.85. The molecule has 0 aliphatic heterocycles. The Morgan fingerprint density at radius 3 is 2.68 bits per heavy atom. The third kappa shape index (κ3) is 2.39. The predicted molar refractivity (Wildman–Crippen MR) is 74.2 cm³/mol. The highest BCUT2D eigenvalue weighted by molar-refractivity contribution is 5.78. The molecule has 0 amide bonds. The maximum Gasteiger partial charge on any atom is 0.169 e. The smallest absolute Gasteiger partial charge is 0.169 e. The Morgan fingerprint density at radius 2 is 2.00 bits per heavy atom. The number of fused-ring (bicyclic) bond motifs is 1. The Kier molecular flexibility index (Phi) is 3.31. The molecule has 1 fully saturated rings. The molecule has 1 aliphatic rings. The van der Waals surface area contributed by atoms with Gasteiger partial charge in [0, 0.05) is 5.39 Å². The molecule has 1 aromatic carbocycles. The molecule has 1 atom stereocenters. The van der Waals surface area contributed by atoms with E-state index in [1.807, 2.05) is 12.1 Å². The van der Waals surface area contributed by atoms with E-state index in [2.05, 4.69) is 6.92 Å². The minimum absolute atomic E-state index is 0.112. The van der Waals surface area contributed by atoms with Crippen molar-refractivity contribution < 1.29 is 8.81 Å². The lowest BCUT2D eigenvalue weighted by atomic mass is 9.79. The van der Waals surface area contributed by atoms with Gasteiger partial charge in [0.25, 0.3) is 0 Å². The van der Waals surface area contributed by atoms with Crippen LogP contribution in [0.25, 0.3) is 11.0 Å². The molecule has 0 saturated heterocycles. The van der Waals surface area contributed by atoms with E-state index in [0.717, 1.165) is 29.9 Å². The fourth-order valence-corrected chi connectivity index (χ4v) is 3.09. The zero-order valence-electron chi connectivity index (χ0n) is 11.2. The van der Waals surface area contributed by atoms with Gasteiger partial charge >= 0.3 is 0 Å². The second-order valence-corrected chi connectivity index (χ2v) is 5.85. The van der Waals surface area contributed by atoms with Gasteiger partial charge in [0.1, 0.15) is 5.76 Å². The summed E-state index contributed by atoms with van der Waals surface area (Å²) < 4.78 is 19.3. The topological polar surface area (TPSA) is 39.2 Å². The SMILES string of the molecule is CC1CCC(C(N)c2cc3cccc(F)c3o2)CC1. The molecule has 2 nitrogen and oxygen atoms in total. The molecule has 1 unspecified atom stereocenters. The molecule has 0 radical (unpaired) electrons. The van der Waals surface area contributed by atoms with Gasteiger partial charge in [-0.3, -0.25) is 0 Å². The predicted octanol–water partition coefficient (Wildman–Crippen LogP) is 4.40. The molecule has 102 valence electrons. The van der Waals surface area contributed by atoms with E-state index in [9.17, 15) is 4.39 Å². The summed E-state index contributed by atoms with van der Waals surface area (Å²) in [5.41, 5.74) is 6.64. The van der Waals surface area contributed by atoms with Crippen LogP contribution in [0.5, 0.6) is 0 Å². The standard InChI is InChI=1S/C16H20FNO/c1-10-5-7-11(8-6-10)15(18)14-9-12-3-2-4-13(17)16(12)19-14/h2-4,9-11,15H,5-8,18H2,1H3. The molecular weight excluding hydrogens is 241 g/mol. The van der Waals surface area contributed by atoms with Crippen molar-refractivity contribution in [1.29, 1.82) is 0 Å². The number of nitrogens with two attached hydrogens (primary N) is 1. The molecule has 1 heterocycles. The van der Waals surface area contributed by atoms with Crippen LogP contribution in [0, 0.1) is 17.7 Å². The highest BCUT2D eigenvalue weighted by atomic mass is 19.1. The van der Waals surface area contributed by atoms with Crippen LogP contribution in [0.4, 0.5) is 4.39 Å². The quantitative estimate of drug-likeness (QED) is 0.870. The molecule has 2 aromatic rings. The van der Waals surface area contributed by atoms with Crippen LogP contribution in [0.1, 0.15) is 44.4 Å². The molecule has 1 aliphatic carbocycles. The monoisotopic (exact) mass is 261 g/mol. The van der Waals surface area contributed by atoms with E-state index in [1.165, 1.54) is 18.9 Å². The van der Waals surface area contributed by atoms with Crippen molar-refractivity contribution in [2.75, 3.05) is 0 Å². The van der Waals surface area contributed by atoms with Gasteiger partial charge in [-0.25, -0.2) is 4.39 Å². The van der Waals surface area contributed by atoms with Gasteiger partial charge in [0.15, 0.2) is 11.4 Å². The van der Waals surface area contributed by atoms with E-state index in [1.54, 1.807) is 6.07 Å². The lowest BCUT2D eigenvalue weighted by Gasteiger charge is -2.29.